The van der Waals surface area contributed by atoms with Crippen LogP contribution in [0.3, 0.4) is 0 Å². The molecule has 0 aliphatic heterocycles. The SMILES string of the molecule is COc1ccc2cccc(-n3cc(NC(N)=O)c(C(N)=O)n3)c2c1. The minimum atomic E-state index is -0.809. The van der Waals surface area contributed by atoms with Gasteiger partial charge in [0.1, 0.15) is 5.75 Å². The monoisotopic (exact) mass is 325 g/mol. The van der Waals surface area contributed by atoms with Crippen molar-refractivity contribution in [3.8, 4) is 11.4 Å². The van der Waals surface area contributed by atoms with Gasteiger partial charge in [0.25, 0.3) is 5.91 Å². The summed E-state index contributed by atoms with van der Waals surface area (Å²) in [6.45, 7) is 0. The lowest BCUT2D eigenvalue weighted by Crippen LogP contribution is -2.22. The van der Waals surface area contributed by atoms with Crippen molar-refractivity contribution in [2.45, 2.75) is 0 Å². The molecule has 1 aromatic heterocycles. The summed E-state index contributed by atoms with van der Waals surface area (Å²) >= 11 is 0. The van der Waals surface area contributed by atoms with Gasteiger partial charge in [0.05, 0.1) is 24.7 Å². The third kappa shape index (κ3) is 2.72. The molecule has 3 amide bonds. The molecule has 0 radical (unpaired) electrons. The van der Waals surface area contributed by atoms with Crippen LogP contribution in [0.1, 0.15) is 10.5 Å². The molecule has 3 aromatic rings. The molecule has 8 heteroatoms. The predicted octanol–water partition coefficient (Wildman–Crippen LogP) is 1.62. The van der Waals surface area contributed by atoms with E-state index in [1.54, 1.807) is 7.11 Å². The Kier molecular flexibility index (Phi) is 3.78. The molecule has 0 saturated heterocycles. The van der Waals surface area contributed by atoms with Crippen molar-refractivity contribution in [1.82, 2.24) is 9.78 Å². The summed E-state index contributed by atoms with van der Waals surface area (Å²) in [5, 5.41) is 8.34. The molecular formula is C16H15N5O3. The fourth-order valence-electron chi connectivity index (χ4n) is 2.47. The zero-order valence-corrected chi connectivity index (χ0v) is 12.8. The van der Waals surface area contributed by atoms with Crippen LogP contribution in [0.15, 0.2) is 42.6 Å². The first-order valence-corrected chi connectivity index (χ1v) is 7.02. The van der Waals surface area contributed by atoms with Crippen LogP contribution in [0.4, 0.5) is 10.5 Å². The number of benzene rings is 2. The Morgan fingerprint density at radius 3 is 2.67 bits per heavy atom. The van der Waals surface area contributed by atoms with E-state index in [2.05, 4.69) is 10.4 Å². The summed E-state index contributed by atoms with van der Waals surface area (Å²) < 4.78 is 6.72. The van der Waals surface area contributed by atoms with Gasteiger partial charge in [0, 0.05) is 5.39 Å². The number of fused-ring (bicyclic) bond motifs is 1. The van der Waals surface area contributed by atoms with E-state index in [-0.39, 0.29) is 11.4 Å². The number of carbonyl (C=O) groups excluding carboxylic acids is 2. The van der Waals surface area contributed by atoms with E-state index in [9.17, 15) is 9.59 Å². The maximum atomic E-state index is 11.5. The second kappa shape index (κ2) is 5.92. The lowest BCUT2D eigenvalue weighted by atomic mass is 10.1. The number of hydrogen-bond donors (Lipinski definition) is 3. The average Bonchev–Trinajstić information content (AvgIpc) is 2.96. The maximum absolute atomic E-state index is 11.5. The number of aromatic nitrogens is 2. The van der Waals surface area contributed by atoms with Crippen molar-refractivity contribution in [3.63, 3.8) is 0 Å². The van der Waals surface area contributed by atoms with Crippen LogP contribution in [-0.2, 0) is 0 Å². The molecule has 0 fully saturated rings. The fourth-order valence-corrected chi connectivity index (χ4v) is 2.47. The lowest BCUT2D eigenvalue weighted by molar-refractivity contribution is 0.0996. The number of carbonyl (C=O) groups is 2. The quantitative estimate of drug-likeness (QED) is 0.674. The van der Waals surface area contributed by atoms with Crippen LogP contribution >= 0.6 is 0 Å². The molecule has 0 aliphatic rings. The Labute approximate surface area is 137 Å². The van der Waals surface area contributed by atoms with E-state index in [0.717, 1.165) is 10.8 Å². The number of nitrogens with two attached hydrogens (primary N) is 2. The first kappa shape index (κ1) is 15.3. The van der Waals surface area contributed by atoms with Gasteiger partial charge < -0.3 is 21.5 Å². The number of urea groups is 1. The molecule has 0 saturated carbocycles. The molecule has 0 bridgehead atoms. The van der Waals surface area contributed by atoms with Crippen molar-refractivity contribution in [2.75, 3.05) is 12.4 Å². The van der Waals surface area contributed by atoms with Gasteiger partial charge in [0.2, 0.25) is 0 Å². The van der Waals surface area contributed by atoms with E-state index in [1.807, 2.05) is 36.4 Å². The lowest BCUT2D eigenvalue weighted by Gasteiger charge is -2.08. The summed E-state index contributed by atoms with van der Waals surface area (Å²) in [6.07, 6.45) is 1.49. The number of anilines is 1. The number of nitrogens with one attached hydrogen (secondary N) is 1. The number of ether oxygens (including phenoxy) is 1. The van der Waals surface area contributed by atoms with Gasteiger partial charge in [-0.1, -0.05) is 18.2 Å². The minimum Gasteiger partial charge on any atom is -0.497 e. The number of hydrogen-bond acceptors (Lipinski definition) is 4. The Hall–Kier alpha value is -3.55. The van der Waals surface area contributed by atoms with Gasteiger partial charge in [-0.3, -0.25) is 4.79 Å². The van der Waals surface area contributed by atoms with Crippen LogP contribution in [0.2, 0.25) is 0 Å². The van der Waals surface area contributed by atoms with Gasteiger partial charge in [-0.15, -0.1) is 0 Å². The standard InChI is InChI=1S/C16H15N5O3/c1-24-10-6-5-9-3-2-4-13(11(9)7-10)21-8-12(19-16(18)23)14(20-21)15(17)22/h2-8H,1H3,(H2,17,22)(H3,18,19,23). The van der Waals surface area contributed by atoms with E-state index in [0.29, 0.717) is 11.4 Å². The molecule has 0 spiro atoms. The Bertz CT molecular complexity index is 948. The highest BCUT2D eigenvalue weighted by molar-refractivity contribution is 6.01. The first-order valence-electron chi connectivity index (χ1n) is 7.02. The fraction of sp³-hybridized carbons (Fsp3) is 0.0625. The van der Waals surface area contributed by atoms with Crippen molar-refractivity contribution >= 4 is 28.4 Å². The van der Waals surface area contributed by atoms with Gasteiger partial charge in [-0.25, -0.2) is 9.48 Å². The van der Waals surface area contributed by atoms with E-state index < -0.39 is 11.9 Å². The zero-order valence-electron chi connectivity index (χ0n) is 12.8. The number of amides is 3. The predicted molar refractivity (Wildman–Crippen MR) is 89.3 cm³/mol. The minimum absolute atomic E-state index is 0.0753. The van der Waals surface area contributed by atoms with Crippen LogP contribution < -0.4 is 21.5 Å². The normalized spacial score (nSPS) is 10.5. The molecular weight excluding hydrogens is 310 g/mol. The third-order valence-corrected chi connectivity index (χ3v) is 3.52. The molecule has 8 nitrogen and oxygen atoms in total. The summed E-state index contributed by atoms with van der Waals surface area (Å²) in [5.74, 6) is -0.0805. The Morgan fingerprint density at radius 1 is 1.21 bits per heavy atom. The second-order valence-electron chi connectivity index (χ2n) is 5.05. The molecule has 24 heavy (non-hydrogen) atoms. The van der Waals surface area contributed by atoms with Crippen molar-refractivity contribution < 1.29 is 14.3 Å². The van der Waals surface area contributed by atoms with Crippen molar-refractivity contribution in [2.24, 2.45) is 11.5 Å². The largest absolute Gasteiger partial charge is 0.497 e. The number of methoxy groups -OCH3 is 1. The van der Waals surface area contributed by atoms with Gasteiger partial charge in [-0.05, 0) is 23.6 Å². The van der Waals surface area contributed by atoms with Gasteiger partial charge in [0.15, 0.2) is 5.69 Å². The molecule has 3 rings (SSSR count). The smallest absolute Gasteiger partial charge is 0.316 e. The van der Waals surface area contributed by atoms with Crippen LogP contribution in [0, 0.1) is 0 Å². The highest BCUT2D eigenvalue weighted by Gasteiger charge is 2.17. The second-order valence-corrected chi connectivity index (χ2v) is 5.05. The third-order valence-electron chi connectivity index (χ3n) is 3.52. The zero-order chi connectivity index (χ0) is 17.3. The van der Waals surface area contributed by atoms with Gasteiger partial charge >= 0.3 is 6.03 Å². The number of nitrogens with zero attached hydrogens (tertiary/aromatic N) is 2. The molecule has 0 unspecified atom stereocenters. The molecule has 122 valence electrons. The first-order chi connectivity index (χ1) is 11.5. The molecule has 0 atom stereocenters. The molecule has 5 N–H and O–H groups in total. The summed E-state index contributed by atoms with van der Waals surface area (Å²) in [4.78, 5) is 22.6. The van der Waals surface area contributed by atoms with E-state index in [1.165, 1.54) is 10.9 Å². The maximum Gasteiger partial charge on any atom is 0.316 e. The van der Waals surface area contributed by atoms with E-state index >= 15 is 0 Å². The van der Waals surface area contributed by atoms with Crippen LogP contribution in [-0.4, -0.2) is 28.8 Å². The summed E-state index contributed by atoms with van der Waals surface area (Å²) in [7, 11) is 1.58. The highest BCUT2D eigenvalue weighted by Crippen LogP contribution is 2.27. The molecule has 0 aliphatic carbocycles. The van der Waals surface area contributed by atoms with Crippen LogP contribution in [0.25, 0.3) is 16.5 Å². The van der Waals surface area contributed by atoms with Crippen molar-refractivity contribution in [1.29, 1.82) is 0 Å². The van der Waals surface area contributed by atoms with Gasteiger partial charge in [-0.2, -0.15) is 5.10 Å². The number of primary amides is 2. The summed E-state index contributed by atoms with van der Waals surface area (Å²) in [5.41, 5.74) is 11.2. The average molecular weight is 325 g/mol. The topological polar surface area (TPSA) is 125 Å². The van der Waals surface area contributed by atoms with E-state index in [4.69, 9.17) is 16.2 Å². The summed E-state index contributed by atoms with van der Waals surface area (Å²) in [6, 6.07) is 10.4. The van der Waals surface area contributed by atoms with Crippen LogP contribution in [0.5, 0.6) is 5.75 Å². The van der Waals surface area contributed by atoms with Crippen molar-refractivity contribution in [3.05, 3.63) is 48.3 Å². The highest BCUT2D eigenvalue weighted by atomic mass is 16.5. The number of rotatable bonds is 4. The molecule has 2 aromatic carbocycles. The Morgan fingerprint density at radius 2 is 2.00 bits per heavy atom. The molecule has 1 heterocycles. The Balaban J connectivity index is 2.20.